The summed E-state index contributed by atoms with van der Waals surface area (Å²) in [4.78, 5) is 30.8. The number of benzene rings is 1. The Hall–Kier alpha value is -2.96. The monoisotopic (exact) mass is 351 g/mol. The Kier molecular flexibility index (Phi) is 4.51. The maximum atomic E-state index is 12.1. The van der Waals surface area contributed by atoms with Crippen LogP contribution in [-0.4, -0.2) is 45.6 Å². The molecule has 1 aromatic carbocycles. The van der Waals surface area contributed by atoms with Crippen molar-refractivity contribution in [2.24, 2.45) is 0 Å². The second-order valence-electron chi connectivity index (χ2n) is 6.38. The Morgan fingerprint density at radius 2 is 2.12 bits per heavy atom. The van der Waals surface area contributed by atoms with Gasteiger partial charge >= 0.3 is 5.97 Å². The normalized spacial score (nSPS) is 15.3. The van der Waals surface area contributed by atoms with Crippen molar-refractivity contribution in [3.63, 3.8) is 0 Å². The molecule has 0 unspecified atom stereocenters. The summed E-state index contributed by atoms with van der Waals surface area (Å²) in [5, 5.41) is 0. The lowest BCUT2D eigenvalue weighted by atomic mass is 9.96. The molecule has 26 heavy (non-hydrogen) atoms. The molecule has 7 heteroatoms. The van der Waals surface area contributed by atoms with E-state index in [0.717, 1.165) is 42.8 Å². The lowest BCUT2D eigenvalue weighted by Gasteiger charge is -2.32. The van der Waals surface area contributed by atoms with Crippen LogP contribution in [0.2, 0.25) is 0 Å². The number of carbonyl (C=O) groups is 1. The zero-order valence-electron chi connectivity index (χ0n) is 14.7. The van der Waals surface area contributed by atoms with Gasteiger partial charge < -0.3 is 14.6 Å². The number of hydrogen-bond acceptors (Lipinski definition) is 6. The van der Waals surface area contributed by atoms with E-state index in [2.05, 4.69) is 19.9 Å². The number of aromatic amines is 1. The third-order valence-electron chi connectivity index (χ3n) is 4.78. The zero-order valence-corrected chi connectivity index (χ0v) is 14.7. The summed E-state index contributed by atoms with van der Waals surface area (Å²) in [5.74, 6) is 1.70. The van der Waals surface area contributed by atoms with Crippen molar-refractivity contribution in [1.29, 1.82) is 0 Å². The third kappa shape index (κ3) is 3.12. The summed E-state index contributed by atoms with van der Waals surface area (Å²) in [6, 6.07) is 8.09. The van der Waals surface area contributed by atoms with Gasteiger partial charge in [0, 0.05) is 25.2 Å². The number of nitrogens with one attached hydrogen (secondary N) is 1. The minimum absolute atomic E-state index is 0.335. The van der Waals surface area contributed by atoms with Crippen LogP contribution in [0.25, 0.3) is 11.0 Å². The van der Waals surface area contributed by atoms with Gasteiger partial charge in [-0.15, -0.1) is 0 Å². The lowest BCUT2D eigenvalue weighted by Crippen LogP contribution is -2.35. The molecule has 0 spiro atoms. The molecule has 3 heterocycles. The number of para-hydroxylation sites is 2. The number of nitrogens with zero attached hydrogens (tertiary/aromatic N) is 4. The summed E-state index contributed by atoms with van der Waals surface area (Å²) in [6.07, 6.45) is 4.91. The van der Waals surface area contributed by atoms with Gasteiger partial charge in [-0.05, 0) is 31.9 Å². The van der Waals surface area contributed by atoms with Gasteiger partial charge in [-0.2, -0.15) is 0 Å². The van der Waals surface area contributed by atoms with Crippen LogP contribution in [0, 0.1) is 0 Å². The summed E-state index contributed by atoms with van der Waals surface area (Å²) in [6.45, 7) is 3.75. The van der Waals surface area contributed by atoms with Crippen molar-refractivity contribution in [2.75, 3.05) is 24.6 Å². The van der Waals surface area contributed by atoms with Gasteiger partial charge in [0.25, 0.3) is 0 Å². The number of carbonyl (C=O) groups excluding carboxylic acids is 1. The number of fused-ring (bicyclic) bond motifs is 1. The van der Waals surface area contributed by atoms with E-state index in [4.69, 9.17) is 9.72 Å². The van der Waals surface area contributed by atoms with E-state index >= 15 is 0 Å². The third-order valence-corrected chi connectivity index (χ3v) is 4.78. The number of piperidine rings is 1. The number of esters is 1. The number of imidazole rings is 1. The summed E-state index contributed by atoms with van der Waals surface area (Å²) in [7, 11) is 0. The minimum atomic E-state index is -0.373. The molecule has 0 amide bonds. The maximum absolute atomic E-state index is 12.1. The molecule has 134 valence electrons. The highest BCUT2D eigenvalue weighted by Crippen LogP contribution is 2.30. The predicted octanol–water partition coefficient (Wildman–Crippen LogP) is 2.91. The molecule has 0 radical (unpaired) electrons. The highest BCUT2D eigenvalue weighted by atomic mass is 16.5. The van der Waals surface area contributed by atoms with E-state index in [9.17, 15) is 4.79 Å². The Bertz CT molecular complexity index is 882. The lowest BCUT2D eigenvalue weighted by molar-refractivity contribution is 0.0526. The van der Waals surface area contributed by atoms with Crippen LogP contribution in [-0.2, 0) is 4.74 Å². The first-order valence-corrected chi connectivity index (χ1v) is 8.93. The first kappa shape index (κ1) is 16.5. The van der Waals surface area contributed by atoms with E-state index in [-0.39, 0.29) is 5.97 Å². The fourth-order valence-electron chi connectivity index (χ4n) is 3.46. The second-order valence-corrected chi connectivity index (χ2v) is 6.38. The molecular weight excluding hydrogens is 330 g/mol. The summed E-state index contributed by atoms with van der Waals surface area (Å²) in [5.41, 5.74) is 2.51. The fourth-order valence-corrected chi connectivity index (χ4v) is 3.46. The Morgan fingerprint density at radius 3 is 2.88 bits per heavy atom. The van der Waals surface area contributed by atoms with Crippen LogP contribution >= 0.6 is 0 Å². The number of rotatable bonds is 4. The second kappa shape index (κ2) is 7.11. The highest BCUT2D eigenvalue weighted by molar-refractivity contribution is 5.94. The quantitative estimate of drug-likeness (QED) is 0.728. The topological polar surface area (TPSA) is 84.0 Å². The molecule has 1 fully saturated rings. The van der Waals surface area contributed by atoms with E-state index in [1.54, 1.807) is 6.92 Å². The molecule has 0 bridgehead atoms. The molecule has 0 saturated carbocycles. The summed E-state index contributed by atoms with van der Waals surface area (Å²) < 4.78 is 5.12. The van der Waals surface area contributed by atoms with E-state index in [1.165, 1.54) is 12.5 Å². The number of aromatic nitrogens is 4. The molecule has 1 aliphatic rings. The maximum Gasteiger partial charge on any atom is 0.343 e. The average Bonchev–Trinajstić information content (AvgIpc) is 3.12. The SMILES string of the molecule is CCOC(=O)c1cncnc1N1CCC(c2nc3ccccc3[nH]2)CC1. The molecule has 1 aliphatic heterocycles. The van der Waals surface area contributed by atoms with Gasteiger partial charge in [-0.1, -0.05) is 12.1 Å². The smallest absolute Gasteiger partial charge is 0.343 e. The fraction of sp³-hybridized carbons (Fsp3) is 0.368. The average molecular weight is 351 g/mol. The number of ether oxygens (including phenoxy) is 1. The Morgan fingerprint density at radius 1 is 1.31 bits per heavy atom. The van der Waals surface area contributed by atoms with Crippen molar-refractivity contribution in [2.45, 2.75) is 25.7 Å². The van der Waals surface area contributed by atoms with Crippen LogP contribution in [0.4, 0.5) is 5.82 Å². The molecule has 0 aliphatic carbocycles. The molecule has 1 N–H and O–H groups in total. The van der Waals surface area contributed by atoms with Gasteiger partial charge in [0.15, 0.2) is 0 Å². The van der Waals surface area contributed by atoms with Gasteiger partial charge in [-0.25, -0.2) is 19.7 Å². The van der Waals surface area contributed by atoms with Crippen molar-refractivity contribution in [1.82, 2.24) is 19.9 Å². The van der Waals surface area contributed by atoms with Gasteiger partial charge in [0.2, 0.25) is 0 Å². The van der Waals surface area contributed by atoms with Crippen LogP contribution < -0.4 is 4.90 Å². The van der Waals surface area contributed by atoms with Crippen molar-refractivity contribution < 1.29 is 9.53 Å². The van der Waals surface area contributed by atoms with E-state index < -0.39 is 0 Å². The number of hydrogen-bond donors (Lipinski definition) is 1. The molecule has 1 saturated heterocycles. The standard InChI is InChI=1S/C19H21N5O2/c1-2-26-19(25)14-11-20-12-21-18(14)24-9-7-13(8-10-24)17-22-15-5-3-4-6-16(15)23-17/h3-6,11-13H,2,7-10H2,1H3,(H,22,23). The number of anilines is 1. The molecule has 3 aromatic rings. The zero-order chi connectivity index (χ0) is 17.9. The van der Waals surface area contributed by atoms with E-state index in [0.29, 0.717) is 23.9 Å². The molecule has 7 nitrogen and oxygen atoms in total. The minimum Gasteiger partial charge on any atom is -0.462 e. The summed E-state index contributed by atoms with van der Waals surface area (Å²) >= 11 is 0. The largest absolute Gasteiger partial charge is 0.462 e. The van der Waals surface area contributed by atoms with Crippen molar-refractivity contribution in [3.8, 4) is 0 Å². The first-order chi connectivity index (χ1) is 12.8. The first-order valence-electron chi connectivity index (χ1n) is 8.93. The predicted molar refractivity (Wildman–Crippen MR) is 98.3 cm³/mol. The van der Waals surface area contributed by atoms with Crippen molar-refractivity contribution in [3.05, 3.63) is 48.2 Å². The van der Waals surface area contributed by atoms with Crippen LogP contribution in [0.15, 0.2) is 36.8 Å². The van der Waals surface area contributed by atoms with Crippen molar-refractivity contribution >= 4 is 22.8 Å². The Balaban J connectivity index is 1.49. The van der Waals surface area contributed by atoms with Gasteiger partial charge in [0.05, 0.1) is 17.6 Å². The molecule has 2 aromatic heterocycles. The molecule has 4 rings (SSSR count). The van der Waals surface area contributed by atoms with Gasteiger partial charge in [0.1, 0.15) is 23.5 Å². The van der Waals surface area contributed by atoms with Gasteiger partial charge in [-0.3, -0.25) is 0 Å². The van der Waals surface area contributed by atoms with Crippen LogP contribution in [0.5, 0.6) is 0 Å². The van der Waals surface area contributed by atoms with Crippen LogP contribution in [0.1, 0.15) is 41.9 Å². The number of H-pyrrole nitrogens is 1. The van der Waals surface area contributed by atoms with Crippen LogP contribution in [0.3, 0.4) is 0 Å². The molecular formula is C19H21N5O2. The van der Waals surface area contributed by atoms with E-state index in [1.807, 2.05) is 24.3 Å². The molecule has 0 atom stereocenters. The highest BCUT2D eigenvalue weighted by Gasteiger charge is 2.26. The Labute approximate surface area is 151 Å².